The average Bonchev–Trinajstić information content (AvgIpc) is 2.37. The van der Waals surface area contributed by atoms with Crippen molar-refractivity contribution in [2.24, 2.45) is 0 Å². The first-order valence-electron chi connectivity index (χ1n) is 6.31. The molecule has 2 nitrogen and oxygen atoms in total. The SMILES string of the molecule is CB(C)c1ccc(OCc2ccccc2)nc1C. The Hall–Kier alpha value is -1.77. The molecule has 0 aliphatic heterocycles. The van der Waals surface area contributed by atoms with Crippen molar-refractivity contribution in [2.75, 3.05) is 0 Å². The van der Waals surface area contributed by atoms with Gasteiger partial charge in [-0.2, -0.15) is 0 Å². The molecule has 0 aliphatic carbocycles. The minimum atomic E-state index is 0.501. The van der Waals surface area contributed by atoms with Crippen molar-refractivity contribution < 1.29 is 4.74 Å². The zero-order valence-corrected chi connectivity index (χ0v) is 11.2. The van der Waals surface area contributed by atoms with E-state index in [0.717, 1.165) is 11.3 Å². The Morgan fingerprint density at radius 2 is 1.78 bits per heavy atom. The fourth-order valence-electron chi connectivity index (χ4n) is 1.97. The van der Waals surface area contributed by atoms with Crippen LogP contribution in [0.15, 0.2) is 42.5 Å². The topological polar surface area (TPSA) is 22.1 Å². The van der Waals surface area contributed by atoms with E-state index in [1.165, 1.54) is 5.46 Å². The maximum absolute atomic E-state index is 5.70. The van der Waals surface area contributed by atoms with Crippen LogP contribution in [0.4, 0.5) is 0 Å². The van der Waals surface area contributed by atoms with Crippen LogP contribution in [0.1, 0.15) is 11.3 Å². The van der Waals surface area contributed by atoms with Gasteiger partial charge in [0.1, 0.15) is 6.61 Å². The van der Waals surface area contributed by atoms with Crippen LogP contribution in [0.2, 0.25) is 13.6 Å². The molecule has 0 saturated carbocycles. The van der Waals surface area contributed by atoms with Crippen molar-refractivity contribution in [1.29, 1.82) is 0 Å². The van der Waals surface area contributed by atoms with Crippen molar-refractivity contribution in [3.63, 3.8) is 0 Å². The molecule has 3 heteroatoms. The molecule has 2 aromatic rings. The van der Waals surface area contributed by atoms with E-state index in [0.29, 0.717) is 19.2 Å². The highest BCUT2D eigenvalue weighted by molar-refractivity contribution is 6.71. The zero-order valence-electron chi connectivity index (χ0n) is 11.2. The van der Waals surface area contributed by atoms with Crippen LogP contribution in [0.3, 0.4) is 0 Å². The quantitative estimate of drug-likeness (QED) is 0.765. The van der Waals surface area contributed by atoms with Crippen molar-refractivity contribution in [2.45, 2.75) is 27.2 Å². The molecule has 1 aromatic carbocycles. The van der Waals surface area contributed by atoms with Gasteiger partial charge in [-0.25, -0.2) is 4.98 Å². The molecule has 0 saturated heterocycles. The summed E-state index contributed by atoms with van der Waals surface area (Å²) in [4.78, 5) is 4.49. The van der Waals surface area contributed by atoms with Gasteiger partial charge in [-0.1, -0.05) is 55.5 Å². The minimum Gasteiger partial charge on any atom is -0.473 e. The highest BCUT2D eigenvalue weighted by atomic mass is 16.5. The number of ether oxygens (including phenoxy) is 1. The van der Waals surface area contributed by atoms with Gasteiger partial charge in [0, 0.05) is 5.69 Å². The first-order valence-corrected chi connectivity index (χ1v) is 6.31. The standard InChI is InChI=1S/C15H18BNO/c1-12-14(16(2)3)9-10-15(17-12)18-11-13-7-5-4-6-8-13/h4-10H,11H2,1-3H3. The van der Waals surface area contributed by atoms with Gasteiger partial charge in [-0.3, -0.25) is 0 Å². The van der Waals surface area contributed by atoms with Gasteiger partial charge in [-0.15, -0.1) is 0 Å². The molecule has 0 unspecified atom stereocenters. The van der Waals surface area contributed by atoms with E-state index >= 15 is 0 Å². The van der Waals surface area contributed by atoms with Crippen LogP contribution in [-0.2, 0) is 6.61 Å². The van der Waals surface area contributed by atoms with Crippen molar-refractivity contribution in [3.05, 3.63) is 53.7 Å². The molecule has 0 bridgehead atoms. The monoisotopic (exact) mass is 239 g/mol. The maximum atomic E-state index is 5.70. The summed E-state index contributed by atoms with van der Waals surface area (Å²) < 4.78 is 5.70. The molecule has 0 N–H and O–H groups in total. The molecule has 1 aromatic heterocycles. The van der Waals surface area contributed by atoms with E-state index < -0.39 is 0 Å². The van der Waals surface area contributed by atoms with E-state index in [1.807, 2.05) is 31.2 Å². The molecule has 92 valence electrons. The van der Waals surface area contributed by atoms with Crippen LogP contribution < -0.4 is 10.2 Å². The van der Waals surface area contributed by atoms with Crippen molar-refractivity contribution >= 4 is 12.2 Å². The third-order valence-electron chi connectivity index (χ3n) is 2.95. The Labute approximate surface area is 109 Å². The summed E-state index contributed by atoms with van der Waals surface area (Å²) in [7, 11) is 0. The lowest BCUT2D eigenvalue weighted by Crippen LogP contribution is -2.26. The predicted octanol–water partition coefficient (Wildman–Crippen LogP) is 2.93. The minimum absolute atomic E-state index is 0.501. The van der Waals surface area contributed by atoms with Crippen molar-refractivity contribution in [1.82, 2.24) is 4.98 Å². The van der Waals surface area contributed by atoms with Gasteiger partial charge in [0.05, 0.1) is 0 Å². The third-order valence-corrected chi connectivity index (χ3v) is 2.95. The molecule has 2 rings (SSSR count). The Morgan fingerprint density at radius 3 is 2.39 bits per heavy atom. The number of benzene rings is 1. The molecular weight excluding hydrogens is 221 g/mol. The van der Waals surface area contributed by atoms with Crippen LogP contribution in [0.5, 0.6) is 5.88 Å². The number of aryl methyl sites for hydroxylation is 1. The predicted molar refractivity (Wildman–Crippen MR) is 76.9 cm³/mol. The highest BCUT2D eigenvalue weighted by Gasteiger charge is 2.08. The van der Waals surface area contributed by atoms with Crippen LogP contribution in [0, 0.1) is 6.92 Å². The van der Waals surface area contributed by atoms with Gasteiger partial charge in [0.25, 0.3) is 0 Å². The summed E-state index contributed by atoms with van der Waals surface area (Å²) in [5, 5.41) is 0. The Morgan fingerprint density at radius 1 is 1.06 bits per heavy atom. The van der Waals surface area contributed by atoms with Crippen LogP contribution >= 0.6 is 0 Å². The smallest absolute Gasteiger partial charge is 0.213 e. The van der Waals surface area contributed by atoms with E-state index in [1.54, 1.807) is 0 Å². The highest BCUT2D eigenvalue weighted by Crippen LogP contribution is 2.09. The molecular formula is C15H18BNO. The lowest BCUT2D eigenvalue weighted by molar-refractivity contribution is 0.293. The molecule has 0 atom stereocenters. The van der Waals surface area contributed by atoms with Crippen molar-refractivity contribution in [3.8, 4) is 5.88 Å². The van der Waals surface area contributed by atoms with E-state index in [-0.39, 0.29) is 0 Å². The van der Waals surface area contributed by atoms with Crippen LogP contribution in [-0.4, -0.2) is 11.7 Å². The number of pyridine rings is 1. The summed E-state index contributed by atoms with van der Waals surface area (Å²) in [6, 6.07) is 14.2. The Balaban J connectivity index is 2.05. The fourth-order valence-corrected chi connectivity index (χ4v) is 1.97. The molecule has 0 fully saturated rings. The first kappa shape index (κ1) is 12.7. The molecule has 0 aliphatic rings. The summed E-state index contributed by atoms with van der Waals surface area (Å²) in [5.41, 5.74) is 3.49. The number of rotatable bonds is 4. The summed E-state index contributed by atoms with van der Waals surface area (Å²) in [6.45, 7) is 7.45. The molecule has 0 amide bonds. The summed E-state index contributed by atoms with van der Waals surface area (Å²) in [5.74, 6) is 0.695. The Kier molecular flexibility index (Phi) is 4.03. The van der Waals surface area contributed by atoms with Gasteiger partial charge < -0.3 is 4.74 Å². The van der Waals surface area contributed by atoms with Gasteiger partial charge in [0.2, 0.25) is 5.88 Å². The lowest BCUT2D eigenvalue weighted by atomic mass is 9.49. The number of aromatic nitrogens is 1. The normalized spacial score (nSPS) is 10.2. The first-order chi connectivity index (χ1) is 8.66. The molecule has 0 spiro atoms. The van der Waals surface area contributed by atoms with E-state index in [4.69, 9.17) is 4.74 Å². The Bertz CT molecular complexity index is 511. The van der Waals surface area contributed by atoms with E-state index in [9.17, 15) is 0 Å². The molecule has 18 heavy (non-hydrogen) atoms. The second kappa shape index (κ2) is 5.72. The maximum Gasteiger partial charge on any atom is 0.213 e. The number of hydrogen-bond donors (Lipinski definition) is 0. The van der Waals surface area contributed by atoms with Gasteiger partial charge in [0.15, 0.2) is 6.71 Å². The molecule has 0 radical (unpaired) electrons. The van der Waals surface area contributed by atoms with Gasteiger partial charge >= 0.3 is 0 Å². The third kappa shape index (κ3) is 3.13. The lowest BCUT2D eigenvalue weighted by Gasteiger charge is -2.10. The number of hydrogen-bond acceptors (Lipinski definition) is 2. The fraction of sp³-hybridized carbons (Fsp3) is 0.267. The largest absolute Gasteiger partial charge is 0.473 e. The summed E-state index contributed by atoms with van der Waals surface area (Å²) in [6.07, 6.45) is 0. The second-order valence-corrected chi connectivity index (χ2v) is 4.75. The average molecular weight is 239 g/mol. The van der Waals surface area contributed by atoms with Gasteiger partial charge in [-0.05, 0) is 18.6 Å². The zero-order chi connectivity index (χ0) is 13.0. The van der Waals surface area contributed by atoms with Crippen LogP contribution in [0.25, 0.3) is 0 Å². The summed E-state index contributed by atoms with van der Waals surface area (Å²) >= 11 is 0. The second-order valence-electron chi connectivity index (χ2n) is 4.75. The molecule has 1 heterocycles. The number of nitrogens with zero attached hydrogens (tertiary/aromatic N) is 1. The van der Waals surface area contributed by atoms with E-state index in [2.05, 4.69) is 36.8 Å².